The molecule has 0 aliphatic carbocycles. The Morgan fingerprint density at radius 1 is 1.22 bits per heavy atom. The third kappa shape index (κ3) is 3.60. The van der Waals surface area contributed by atoms with E-state index in [2.05, 4.69) is 27.8 Å². The summed E-state index contributed by atoms with van der Waals surface area (Å²) in [6.45, 7) is 2.91. The Labute approximate surface area is 175 Å². The van der Waals surface area contributed by atoms with Crippen LogP contribution in [0.15, 0.2) is 39.2 Å². The zero-order valence-electron chi connectivity index (χ0n) is 14.6. The van der Waals surface area contributed by atoms with Crippen LogP contribution in [0.2, 0.25) is 10.0 Å². The lowest BCUT2D eigenvalue weighted by molar-refractivity contribution is 0.0636. The Morgan fingerprint density at radius 2 is 1.96 bits per heavy atom. The van der Waals surface area contributed by atoms with Crippen molar-refractivity contribution in [2.45, 2.75) is 32.2 Å². The number of hydrogen-bond acceptors (Lipinski definition) is 3. The average Bonchev–Trinajstić information content (AvgIpc) is 3.09. The molecule has 0 spiro atoms. The first-order chi connectivity index (χ1) is 12.9. The molecule has 140 valence electrons. The summed E-state index contributed by atoms with van der Waals surface area (Å²) < 4.78 is 6.47. The summed E-state index contributed by atoms with van der Waals surface area (Å²) in [5, 5.41) is 0.962. The molecule has 0 saturated carbocycles. The number of nitrogens with zero attached hydrogens (tertiary/aromatic N) is 2. The number of piperidine rings is 1. The van der Waals surface area contributed by atoms with Gasteiger partial charge in [0.1, 0.15) is 5.52 Å². The van der Waals surface area contributed by atoms with E-state index in [1.807, 2.05) is 4.90 Å². The van der Waals surface area contributed by atoms with Crippen LogP contribution in [-0.4, -0.2) is 28.4 Å². The molecule has 4 rings (SSSR count). The van der Waals surface area contributed by atoms with Crippen LogP contribution in [0.3, 0.4) is 0 Å². The fourth-order valence-electron chi connectivity index (χ4n) is 3.43. The van der Waals surface area contributed by atoms with Gasteiger partial charge in [-0.25, -0.2) is 4.98 Å². The van der Waals surface area contributed by atoms with Crippen molar-refractivity contribution >= 4 is 56.1 Å². The summed E-state index contributed by atoms with van der Waals surface area (Å²) in [7, 11) is 0. The van der Waals surface area contributed by atoms with Crippen LogP contribution in [0.4, 0.5) is 0 Å². The number of likely N-dealkylation sites (tertiary alicyclic amines) is 1. The van der Waals surface area contributed by atoms with E-state index in [1.165, 1.54) is 6.42 Å². The highest BCUT2D eigenvalue weighted by molar-refractivity contribution is 9.10. The molecule has 27 heavy (non-hydrogen) atoms. The number of fused-ring (bicyclic) bond motifs is 1. The van der Waals surface area contributed by atoms with Gasteiger partial charge in [-0.3, -0.25) is 4.79 Å². The predicted molar refractivity (Wildman–Crippen MR) is 112 cm³/mol. The largest absolute Gasteiger partial charge is 0.436 e. The molecule has 4 nitrogen and oxygen atoms in total. The number of rotatable bonds is 2. The van der Waals surface area contributed by atoms with Crippen LogP contribution in [0.25, 0.3) is 22.6 Å². The summed E-state index contributed by atoms with van der Waals surface area (Å²) in [4.78, 5) is 19.4. The number of oxazole rings is 1. The molecule has 0 radical (unpaired) electrons. The molecule has 1 amide bonds. The van der Waals surface area contributed by atoms with E-state index in [-0.39, 0.29) is 11.9 Å². The van der Waals surface area contributed by atoms with Gasteiger partial charge in [0, 0.05) is 23.7 Å². The van der Waals surface area contributed by atoms with Crippen LogP contribution in [0.1, 0.15) is 36.5 Å². The van der Waals surface area contributed by atoms with Gasteiger partial charge in [-0.1, -0.05) is 23.2 Å². The van der Waals surface area contributed by atoms with E-state index in [0.717, 1.165) is 19.4 Å². The molecule has 0 N–H and O–H groups in total. The third-order valence-electron chi connectivity index (χ3n) is 4.93. The van der Waals surface area contributed by atoms with Crippen molar-refractivity contribution in [3.8, 4) is 11.5 Å². The van der Waals surface area contributed by atoms with Crippen molar-refractivity contribution in [1.82, 2.24) is 9.88 Å². The minimum absolute atomic E-state index is 0.0448. The van der Waals surface area contributed by atoms with Gasteiger partial charge in [0.05, 0.1) is 14.5 Å². The Morgan fingerprint density at radius 3 is 2.67 bits per heavy atom. The lowest BCUT2D eigenvalue weighted by Crippen LogP contribution is -2.42. The standard InChI is InChI=1S/C20H17BrCl2N2O2/c1-11-4-2-3-7-25(11)20(26)12-5-6-17-16(10-12)24-19(27-17)13-8-14(22)18(21)15(23)9-13/h5-6,8-11H,2-4,7H2,1H3/t11-/m1/s1. The molecule has 1 saturated heterocycles. The summed E-state index contributed by atoms with van der Waals surface area (Å²) in [5.41, 5.74) is 2.56. The first-order valence-electron chi connectivity index (χ1n) is 8.80. The predicted octanol–water partition coefficient (Wildman–Crippen LogP) is 6.58. The molecule has 7 heteroatoms. The third-order valence-corrected chi connectivity index (χ3v) is 6.84. The van der Waals surface area contributed by atoms with E-state index in [9.17, 15) is 4.79 Å². The van der Waals surface area contributed by atoms with Crippen LogP contribution in [-0.2, 0) is 0 Å². The highest BCUT2D eigenvalue weighted by atomic mass is 79.9. The molecule has 1 fully saturated rings. The highest BCUT2D eigenvalue weighted by Crippen LogP contribution is 2.36. The lowest BCUT2D eigenvalue weighted by Gasteiger charge is -2.33. The second-order valence-electron chi connectivity index (χ2n) is 6.80. The van der Waals surface area contributed by atoms with Gasteiger partial charge < -0.3 is 9.32 Å². The molecule has 1 aromatic heterocycles. The zero-order chi connectivity index (χ0) is 19.1. The molecular formula is C20H17BrCl2N2O2. The monoisotopic (exact) mass is 466 g/mol. The minimum atomic E-state index is 0.0448. The first-order valence-corrected chi connectivity index (χ1v) is 10.4. The Bertz CT molecular complexity index is 1010. The SMILES string of the molecule is C[C@@H]1CCCCN1C(=O)c1ccc2oc(-c3cc(Cl)c(Br)c(Cl)c3)nc2c1. The minimum Gasteiger partial charge on any atom is -0.436 e. The maximum atomic E-state index is 12.9. The van der Waals surface area contributed by atoms with Gasteiger partial charge in [-0.15, -0.1) is 0 Å². The quantitative estimate of drug-likeness (QED) is 0.400. The molecule has 1 atom stereocenters. The van der Waals surface area contributed by atoms with Crippen molar-refractivity contribution in [3.63, 3.8) is 0 Å². The van der Waals surface area contributed by atoms with Gasteiger partial charge in [-0.05, 0) is 72.4 Å². The molecule has 1 aliphatic rings. The first kappa shape index (κ1) is 18.8. The molecular weight excluding hydrogens is 451 g/mol. The number of benzene rings is 2. The summed E-state index contributed by atoms with van der Waals surface area (Å²) in [6.07, 6.45) is 3.28. The summed E-state index contributed by atoms with van der Waals surface area (Å²) >= 11 is 15.7. The van der Waals surface area contributed by atoms with E-state index in [1.54, 1.807) is 30.3 Å². The van der Waals surface area contributed by atoms with Gasteiger partial charge in [0.2, 0.25) is 5.89 Å². The number of carbonyl (C=O) groups excluding carboxylic acids is 1. The van der Waals surface area contributed by atoms with Gasteiger partial charge >= 0.3 is 0 Å². The maximum Gasteiger partial charge on any atom is 0.254 e. The second-order valence-corrected chi connectivity index (χ2v) is 8.41. The van der Waals surface area contributed by atoms with Crippen LogP contribution in [0.5, 0.6) is 0 Å². The maximum absolute atomic E-state index is 12.9. The number of amides is 1. The number of carbonyl (C=O) groups is 1. The molecule has 0 bridgehead atoms. The normalized spacial score (nSPS) is 17.5. The van der Waals surface area contributed by atoms with E-state index in [4.69, 9.17) is 27.6 Å². The van der Waals surface area contributed by atoms with Gasteiger partial charge in [0.25, 0.3) is 5.91 Å². The summed E-state index contributed by atoms with van der Waals surface area (Å²) in [5.74, 6) is 0.459. The molecule has 2 aromatic carbocycles. The fraction of sp³-hybridized carbons (Fsp3) is 0.300. The topological polar surface area (TPSA) is 46.3 Å². The van der Waals surface area contributed by atoms with Crippen molar-refractivity contribution in [2.24, 2.45) is 0 Å². The smallest absolute Gasteiger partial charge is 0.254 e. The van der Waals surface area contributed by atoms with Crippen LogP contribution >= 0.6 is 39.1 Å². The van der Waals surface area contributed by atoms with Crippen molar-refractivity contribution in [3.05, 3.63) is 50.4 Å². The van der Waals surface area contributed by atoms with Crippen molar-refractivity contribution in [1.29, 1.82) is 0 Å². The van der Waals surface area contributed by atoms with Crippen molar-refractivity contribution in [2.75, 3.05) is 6.54 Å². The number of aromatic nitrogens is 1. The lowest BCUT2D eigenvalue weighted by atomic mass is 10.0. The zero-order valence-corrected chi connectivity index (χ0v) is 17.7. The summed E-state index contributed by atoms with van der Waals surface area (Å²) in [6, 6.07) is 9.11. The van der Waals surface area contributed by atoms with Crippen molar-refractivity contribution < 1.29 is 9.21 Å². The van der Waals surface area contributed by atoms with E-state index >= 15 is 0 Å². The number of hydrogen-bond donors (Lipinski definition) is 0. The number of halogens is 3. The Hall–Kier alpha value is -1.56. The van der Waals surface area contributed by atoms with Crippen LogP contribution < -0.4 is 0 Å². The van der Waals surface area contributed by atoms with Gasteiger partial charge in [-0.2, -0.15) is 0 Å². The fourth-order valence-corrected chi connectivity index (χ4v) is 4.14. The second kappa shape index (κ2) is 7.46. The molecule has 0 unspecified atom stereocenters. The van der Waals surface area contributed by atoms with Gasteiger partial charge in [0.15, 0.2) is 5.58 Å². The molecule has 3 aromatic rings. The average molecular weight is 468 g/mol. The van der Waals surface area contributed by atoms with E-state index < -0.39 is 0 Å². The molecule has 2 heterocycles. The Kier molecular flexibility index (Phi) is 5.19. The highest BCUT2D eigenvalue weighted by Gasteiger charge is 2.24. The van der Waals surface area contributed by atoms with E-state index in [0.29, 0.717) is 42.6 Å². The Balaban J connectivity index is 1.69. The van der Waals surface area contributed by atoms with Crippen LogP contribution in [0, 0.1) is 0 Å². The molecule has 1 aliphatic heterocycles.